The molecule has 10 heteroatoms. The van der Waals surface area contributed by atoms with Crippen LogP contribution in [0.3, 0.4) is 0 Å². The smallest absolute Gasteiger partial charge is 0.342 e. The minimum Gasteiger partial charge on any atom is -0.507 e. The fraction of sp³-hybridized carbons (Fsp3) is 0. The molecule has 0 amide bonds. The number of aromatic nitrogens is 4. The van der Waals surface area contributed by atoms with E-state index in [-0.39, 0.29) is 21.8 Å². The maximum Gasteiger partial charge on any atom is 0.342 e. The summed E-state index contributed by atoms with van der Waals surface area (Å²) in [6.45, 7) is 0. The van der Waals surface area contributed by atoms with Crippen molar-refractivity contribution in [3.05, 3.63) is 55.6 Å². The van der Waals surface area contributed by atoms with Crippen LogP contribution in [0.2, 0.25) is 0 Å². The van der Waals surface area contributed by atoms with Crippen molar-refractivity contribution in [3.8, 4) is 5.75 Å². The van der Waals surface area contributed by atoms with E-state index < -0.39 is 27.9 Å². The number of para-hydroxylation sites is 1. The van der Waals surface area contributed by atoms with Crippen molar-refractivity contribution in [1.29, 1.82) is 0 Å². The summed E-state index contributed by atoms with van der Waals surface area (Å²) < 4.78 is 12.8. The number of hydrogen-bond donors (Lipinski definition) is 4. The van der Waals surface area contributed by atoms with Crippen LogP contribution in [0.5, 0.6) is 5.75 Å². The molecule has 0 aliphatic rings. The molecule has 0 saturated carbocycles. The lowest BCUT2D eigenvalue weighted by molar-refractivity contribution is 0.461. The number of nitrogens with one attached hydrogen (secondary N) is 3. The van der Waals surface area contributed by atoms with Gasteiger partial charge in [0.15, 0.2) is 16.5 Å². The summed E-state index contributed by atoms with van der Waals surface area (Å²) >= 11 is 0. The number of phenols is 1. The highest BCUT2D eigenvalue weighted by Gasteiger charge is 2.18. The van der Waals surface area contributed by atoms with Gasteiger partial charge in [0, 0.05) is 0 Å². The lowest BCUT2D eigenvalue weighted by Gasteiger charge is -2.05. The first-order valence-electron chi connectivity index (χ1n) is 5.66. The minimum absolute atomic E-state index is 0.0828. The van der Waals surface area contributed by atoms with Gasteiger partial charge in [-0.3, -0.25) is 19.7 Å². The molecular weight excluding hydrogens is 300 g/mol. The molecular formula is C11H8N4O5S. The molecule has 21 heavy (non-hydrogen) atoms. The molecule has 1 atom stereocenters. The van der Waals surface area contributed by atoms with Crippen LogP contribution in [0.25, 0.3) is 11.2 Å². The van der Waals surface area contributed by atoms with E-state index in [4.69, 9.17) is 0 Å². The van der Waals surface area contributed by atoms with E-state index in [2.05, 4.69) is 15.0 Å². The molecule has 0 aliphatic carbocycles. The molecule has 0 aliphatic heterocycles. The minimum atomic E-state index is -2.25. The van der Waals surface area contributed by atoms with Gasteiger partial charge in [-0.25, -0.2) is 13.8 Å². The van der Waals surface area contributed by atoms with Gasteiger partial charge in [0.1, 0.15) is 16.3 Å². The van der Waals surface area contributed by atoms with Gasteiger partial charge < -0.3 is 5.11 Å². The van der Waals surface area contributed by atoms with Gasteiger partial charge >= 0.3 is 11.4 Å². The lowest BCUT2D eigenvalue weighted by atomic mass is 10.3. The number of aromatic amines is 3. The highest BCUT2D eigenvalue weighted by atomic mass is 32.2. The first-order valence-corrected chi connectivity index (χ1v) is 6.77. The fourth-order valence-electron chi connectivity index (χ4n) is 1.84. The molecule has 4 N–H and O–H groups in total. The van der Waals surface area contributed by atoms with Crippen molar-refractivity contribution in [2.45, 2.75) is 4.90 Å². The molecule has 0 radical (unpaired) electrons. The topological polar surface area (TPSA) is 141 Å². The summed E-state index contributed by atoms with van der Waals surface area (Å²) in [5.74, 6) is -0.315. The average molecular weight is 308 g/mol. The van der Waals surface area contributed by atoms with Gasteiger partial charge in [-0.2, -0.15) is 3.97 Å². The molecule has 2 aromatic heterocycles. The fourth-order valence-corrected chi connectivity index (χ4v) is 2.92. The van der Waals surface area contributed by atoms with Crippen LogP contribution >= 0.6 is 0 Å². The molecule has 1 aromatic carbocycles. The van der Waals surface area contributed by atoms with Gasteiger partial charge in [-0.15, -0.1) is 0 Å². The Morgan fingerprint density at radius 1 is 1.05 bits per heavy atom. The number of benzene rings is 1. The van der Waals surface area contributed by atoms with E-state index in [9.17, 15) is 23.7 Å². The second-order valence-electron chi connectivity index (χ2n) is 4.08. The summed E-state index contributed by atoms with van der Waals surface area (Å²) in [5.41, 5.74) is -2.87. The second-order valence-corrected chi connectivity index (χ2v) is 5.38. The number of fused-ring (bicyclic) bond motifs is 1. The number of rotatable bonds is 2. The van der Waals surface area contributed by atoms with E-state index in [0.717, 1.165) is 0 Å². The Morgan fingerprint density at radius 3 is 2.48 bits per heavy atom. The predicted molar refractivity (Wildman–Crippen MR) is 73.7 cm³/mol. The monoisotopic (exact) mass is 308 g/mol. The summed E-state index contributed by atoms with van der Waals surface area (Å²) in [6, 6.07) is 5.61. The van der Waals surface area contributed by atoms with E-state index in [0.29, 0.717) is 3.97 Å². The van der Waals surface area contributed by atoms with Crippen LogP contribution in [0.1, 0.15) is 0 Å². The lowest BCUT2D eigenvalue weighted by Crippen LogP contribution is -2.37. The molecule has 0 bridgehead atoms. The summed E-state index contributed by atoms with van der Waals surface area (Å²) in [4.78, 5) is 41.8. The molecule has 2 heterocycles. The summed E-state index contributed by atoms with van der Waals surface area (Å²) in [7, 11) is -2.25. The van der Waals surface area contributed by atoms with Crippen LogP contribution in [0, 0.1) is 0 Å². The molecule has 3 aromatic rings. The SMILES string of the molecule is O=c1[nH]c2[nH]c(=O)n(S(=O)c3ccccc3O)c(=O)c2[nH]1. The van der Waals surface area contributed by atoms with Crippen molar-refractivity contribution < 1.29 is 9.32 Å². The van der Waals surface area contributed by atoms with Gasteiger partial charge in [0.2, 0.25) is 0 Å². The first kappa shape index (κ1) is 13.1. The largest absolute Gasteiger partial charge is 0.507 e. The molecule has 9 nitrogen and oxygen atoms in total. The number of phenolic OH excluding ortho intramolecular Hbond substituents is 1. The number of H-pyrrole nitrogens is 3. The first-order chi connectivity index (χ1) is 9.99. The zero-order chi connectivity index (χ0) is 15.1. The van der Waals surface area contributed by atoms with Crippen molar-refractivity contribution in [3.63, 3.8) is 0 Å². The Kier molecular flexibility index (Phi) is 2.87. The number of hydrogen-bond acceptors (Lipinski definition) is 5. The molecule has 0 fully saturated rings. The molecule has 3 rings (SSSR count). The third-order valence-electron chi connectivity index (χ3n) is 2.76. The molecule has 108 valence electrons. The second kappa shape index (κ2) is 4.59. The van der Waals surface area contributed by atoms with Crippen molar-refractivity contribution in [2.24, 2.45) is 0 Å². The highest BCUT2D eigenvalue weighted by Crippen LogP contribution is 2.19. The van der Waals surface area contributed by atoms with E-state index in [1.165, 1.54) is 24.3 Å². The maximum absolute atomic E-state index is 12.4. The van der Waals surface area contributed by atoms with Crippen LogP contribution in [0.15, 0.2) is 43.5 Å². The Morgan fingerprint density at radius 2 is 1.76 bits per heavy atom. The van der Waals surface area contributed by atoms with Gasteiger partial charge in [-0.1, -0.05) is 12.1 Å². The Bertz CT molecular complexity index is 1040. The third-order valence-corrected chi connectivity index (χ3v) is 4.15. The van der Waals surface area contributed by atoms with E-state index >= 15 is 0 Å². The third kappa shape index (κ3) is 2.01. The predicted octanol–water partition coefficient (Wildman–Crippen LogP) is -1.02. The zero-order valence-electron chi connectivity index (χ0n) is 10.2. The van der Waals surface area contributed by atoms with E-state index in [1.807, 2.05) is 0 Å². The summed E-state index contributed by atoms with van der Waals surface area (Å²) in [5, 5.41) is 9.66. The van der Waals surface area contributed by atoms with Crippen LogP contribution in [-0.4, -0.2) is 28.2 Å². The summed E-state index contributed by atoms with van der Waals surface area (Å²) in [6.07, 6.45) is 0. The standard InChI is InChI=1S/C11H8N4O5S/c16-5-3-1-2-4-6(5)21(20)15-9(17)7-8(14-11(15)19)13-10(18)12-7/h1-4,16H,(H,14,19)(H2,12,13,18). The number of nitrogens with zero attached hydrogens (tertiary/aromatic N) is 1. The molecule has 1 unspecified atom stereocenters. The van der Waals surface area contributed by atoms with Gasteiger partial charge in [0.05, 0.1) is 0 Å². The van der Waals surface area contributed by atoms with Crippen molar-refractivity contribution >= 4 is 22.1 Å². The number of imidazole rings is 1. The van der Waals surface area contributed by atoms with Gasteiger partial charge in [-0.05, 0) is 12.1 Å². The number of aromatic hydroxyl groups is 1. The molecule has 0 spiro atoms. The highest BCUT2D eigenvalue weighted by molar-refractivity contribution is 7.83. The average Bonchev–Trinajstić information content (AvgIpc) is 2.80. The van der Waals surface area contributed by atoms with Crippen LogP contribution < -0.4 is 16.9 Å². The van der Waals surface area contributed by atoms with Gasteiger partial charge in [0.25, 0.3) is 5.56 Å². The Hall–Kier alpha value is -2.88. The van der Waals surface area contributed by atoms with E-state index in [1.54, 1.807) is 0 Å². The Labute approximate surface area is 117 Å². The maximum atomic E-state index is 12.4. The van der Waals surface area contributed by atoms with Crippen molar-refractivity contribution in [1.82, 2.24) is 18.9 Å². The zero-order valence-corrected chi connectivity index (χ0v) is 11.1. The molecule has 0 saturated heterocycles. The van der Waals surface area contributed by atoms with Crippen LogP contribution in [0.4, 0.5) is 0 Å². The van der Waals surface area contributed by atoms with Crippen molar-refractivity contribution in [2.75, 3.05) is 0 Å². The Balaban J connectivity index is 2.33. The quantitative estimate of drug-likeness (QED) is 0.479. The normalized spacial score (nSPS) is 12.6. The van der Waals surface area contributed by atoms with Crippen LogP contribution in [-0.2, 0) is 11.0 Å².